The number of esters is 1. The lowest BCUT2D eigenvalue weighted by Crippen LogP contribution is -2.58. The van der Waals surface area contributed by atoms with Crippen LogP contribution >= 0.6 is 11.8 Å². The zero-order valence-electron chi connectivity index (χ0n) is 16.6. The molecule has 6 atom stereocenters. The van der Waals surface area contributed by atoms with Crippen LogP contribution in [0.4, 0.5) is 0 Å². The van der Waals surface area contributed by atoms with E-state index in [0.29, 0.717) is 12.2 Å². The molecular weight excluding hydrogens is 388 g/mol. The Bertz CT molecular complexity index is 799. The monoisotopic (exact) mass is 414 g/mol. The minimum absolute atomic E-state index is 0.0272. The number of carbonyl (C=O) groups excluding carboxylic acids is 1. The van der Waals surface area contributed by atoms with E-state index in [-0.39, 0.29) is 29.5 Å². The third-order valence-corrected chi connectivity index (χ3v) is 6.37. The van der Waals surface area contributed by atoms with Crippen molar-refractivity contribution in [3.05, 3.63) is 71.8 Å². The molecule has 2 aromatic carbocycles. The summed E-state index contributed by atoms with van der Waals surface area (Å²) in [5.74, 6) is 0.501. The lowest BCUT2D eigenvalue weighted by atomic mass is 9.90. The molecule has 2 heterocycles. The topological polar surface area (TPSA) is 54.0 Å². The van der Waals surface area contributed by atoms with Crippen molar-refractivity contribution in [3.8, 4) is 0 Å². The van der Waals surface area contributed by atoms with E-state index in [2.05, 4.69) is 13.8 Å². The average molecular weight is 415 g/mol. The molecule has 154 valence electrons. The Balaban J connectivity index is 1.51. The summed E-state index contributed by atoms with van der Waals surface area (Å²) in [5, 5.41) is 0. The van der Waals surface area contributed by atoms with Gasteiger partial charge in [-0.05, 0) is 17.9 Å². The fourth-order valence-corrected chi connectivity index (χ4v) is 4.87. The summed E-state index contributed by atoms with van der Waals surface area (Å²) in [6, 6.07) is 18.9. The number of hydrogen-bond acceptors (Lipinski definition) is 6. The highest BCUT2D eigenvalue weighted by Gasteiger charge is 2.49. The predicted molar refractivity (Wildman–Crippen MR) is 112 cm³/mol. The summed E-state index contributed by atoms with van der Waals surface area (Å²) in [7, 11) is 0. The molecule has 29 heavy (non-hydrogen) atoms. The maximum absolute atomic E-state index is 12.7. The van der Waals surface area contributed by atoms with Gasteiger partial charge in [0.1, 0.15) is 17.6 Å². The number of hydrogen-bond donors (Lipinski definition) is 0. The van der Waals surface area contributed by atoms with Crippen molar-refractivity contribution in [1.82, 2.24) is 0 Å². The molecule has 3 unspecified atom stereocenters. The minimum atomic E-state index is -0.440. The van der Waals surface area contributed by atoms with E-state index in [0.717, 1.165) is 11.3 Å². The van der Waals surface area contributed by atoms with Crippen molar-refractivity contribution >= 4 is 17.7 Å². The highest BCUT2D eigenvalue weighted by Crippen LogP contribution is 2.40. The zero-order chi connectivity index (χ0) is 20.2. The summed E-state index contributed by atoms with van der Waals surface area (Å²) in [4.78, 5) is 12.7. The molecule has 0 saturated carbocycles. The molecule has 2 aliphatic heterocycles. The molecular formula is C23H26O5S. The van der Waals surface area contributed by atoms with Gasteiger partial charge in [-0.3, -0.25) is 0 Å². The van der Waals surface area contributed by atoms with Crippen molar-refractivity contribution in [3.63, 3.8) is 0 Å². The van der Waals surface area contributed by atoms with Crippen LogP contribution in [0.1, 0.15) is 36.1 Å². The Hall–Kier alpha value is -1.86. The van der Waals surface area contributed by atoms with E-state index in [1.165, 1.54) is 0 Å². The lowest BCUT2D eigenvalue weighted by Gasteiger charge is -2.48. The summed E-state index contributed by atoms with van der Waals surface area (Å²) >= 11 is 1.64. The molecule has 6 heteroatoms. The first-order chi connectivity index (χ1) is 14.2. The Morgan fingerprint density at radius 3 is 2.45 bits per heavy atom. The Morgan fingerprint density at radius 1 is 1.07 bits per heavy atom. The van der Waals surface area contributed by atoms with Crippen LogP contribution in [0.2, 0.25) is 0 Å². The molecule has 2 aliphatic rings. The normalized spacial score (nSPS) is 31.7. The number of fused-ring (bicyclic) bond motifs is 1. The van der Waals surface area contributed by atoms with Gasteiger partial charge in [0.15, 0.2) is 6.29 Å². The largest absolute Gasteiger partial charge is 0.455 e. The minimum Gasteiger partial charge on any atom is -0.455 e. The maximum atomic E-state index is 12.7. The first-order valence-electron chi connectivity index (χ1n) is 10.0. The van der Waals surface area contributed by atoms with E-state index in [1.807, 2.05) is 48.5 Å². The Morgan fingerprint density at radius 2 is 1.76 bits per heavy atom. The number of thioether (sulfide) groups is 1. The van der Waals surface area contributed by atoms with Crippen molar-refractivity contribution in [2.45, 2.75) is 43.9 Å². The van der Waals surface area contributed by atoms with Gasteiger partial charge in [-0.15, -0.1) is 11.8 Å². The molecule has 5 nitrogen and oxygen atoms in total. The molecule has 2 saturated heterocycles. The zero-order valence-corrected chi connectivity index (χ0v) is 17.4. The van der Waals surface area contributed by atoms with Gasteiger partial charge in [-0.1, -0.05) is 62.4 Å². The van der Waals surface area contributed by atoms with E-state index >= 15 is 0 Å². The van der Waals surface area contributed by atoms with Crippen LogP contribution in [-0.4, -0.2) is 42.1 Å². The molecule has 2 aromatic rings. The molecule has 0 N–H and O–H groups in total. The van der Waals surface area contributed by atoms with Crippen molar-refractivity contribution in [2.75, 3.05) is 12.4 Å². The SMILES string of the molecule is CCS[C@@H]1OC2COC(c3ccccc3)O[C@H]2[C@H](C)C1OC(=O)c1ccccc1. The molecule has 0 aliphatic carbocycles. The molecule has 0 amide bonds. The fraction of sp³-hybridized carbons (Fsp3) is 0.435. The summed E-state index contributed by atoms with van der Waals surface area (Å²) < 4.78 is 24.4. The van der Waals surface area contributed by atoms with Gasteiger partial charge in [0.25, 0.3) is 0 Å². The summed E-state index contributed by atoms with van der Waals surface area (Å²) in [6.07, 6.45) is -1.23. The number of carbonyl (C=O) groups is 1. The second-order valence-corrected chi connectivity index (χ2v) is 8.65. The second-order valence-electron chi connectivity index (χ2n) is 7.27. The summed E-state index contributed by atoms with van der Waals surface area (Å²) in [5.41, 5.74) is 1.27. The lowest BCUT2D eigenvalue weighted by molar-refractivity contribution is -0.306. The first-order valence-corrected chi connectivity index (χ1v) is 11.1. The molecule has 2 fully saturated rings. The van der Waals surface area contributed by atoms with E-state index < -0.39 is 12.4 Å². The quantitative estimate of drug-likeness (QED) is 0.674. The predicted octanol–water partition coefficient (Wildman–Crippen LogP) is 4.44. The van der Waals surface area contributed by atoms with Gasteiger partial charge < -0.3 is 18.9 Å². The molecule has 0 aromatic heterocycles. The molecule has 4 rings (SSSR count). The summed E-state index contributed by atoms with van der Waals surface area (Å²) in [6.45, 7) is 4.59. The number of benzene rings is 2. The fourth-order valence-electron chi connectivity index (χ4n) is 3.82. The Kier molecular flexibility index (Phi) is 6.55. The van der Waals surface area contributed by atoms with Crippen LogP contribution in [0.25, 0.3) is 0 Å². The maximum Gasteiger partial charge on any atom is 0.338 e. The van der Waals surface area contributed by atoms with Gasteiger partial charge in [0.2, 0.25) is 0 Å². The third-order valence-electron chi connectivity index (χ3n) is 5.33. The van der Waals surface area contributed by atoms with Crippen LogP contribution in [0.5, 0.6) is 0 Å². The van der Waals surface area contributed by atoms with E-state index in [1.54, 1.807) is 23.9 Å². The highest BCUT2D eigenvalue weighted by molar-refractivity contribution is 7.99. The molecule has 0 bridgehead atoms. The highest BCUT2D eigenvalue weighted by atomic mass is 32.2. The number of ether oxygens (including phenoxy) is 4. The van der Waals surface area contributed by atoms with E-state index in [4.69, 9.17) is 18.9 Å². The van der Waals surface area contributed by atoms with Gasteiger partial charge in [-0.25, -0.2) is 4.79 Å². The van der Waals surface area contributed by atoms with Crippen molar-refractivity contribution < 1.29 is 23.7 Å². The molecule has 0 spiro atoms. The Labute approximate surface area is 175 Å². The van der Waals surface area contributed by atoms with Crippen molar-refractivity contribution in [2.24, 2.45) is 5.92 Å². The van der Waals surface area contributed by atoms with Crippen LogP contribution < -0.4 is 0 Å². The van der Waals surface area contributed by atoms with Crippen LogP contribution in [0.3, 0.4) is 0 Å². The van der Waals surface area contributed by atoms with Gasteiger partial charge >= 0.3 is 5.97 Å². The average Bonchev–Trinajstić information content (AvgIpc) is 2.77. The first kappa shape index (κ1) is 20.4. The van der Waals surface area contributed by atoms with Gasteiger partial charge in [0.05, 0.1) is 18.3 Å². The van der Waals surface area contributed by atoms with Gasteiger partial charge in [0, 0.05) is 11.5 Å². The van der Waals surface area contributed by atoms with Crippen LogP contribution in [0, 0.1) is 5.92 Å². The van der Waals surface area contributed by atoms with Crippen molar-refractivity contribution in [1.29, 1.82) is 0 Å². The second kappa shape index (κ2) is 9.30. The third kappa shape index (κ3) is 4.51. The van der Waals surface area contributed by atoms with Gasteiger partial charge in [-0.2, -0.15) is 0 Å². The smallest absolute Gasteiger partial charge is 0.338 e. The van der Waals surface area contributed by atoms with Crippen LogP contribution in [0.15, 0.2) is 60.7 Å². The molecule has 0 radical (unpaired) electrons. The number of rotatable bonds is 5. The standard InChI is InChI=1S/C23H26O5S/c1-3-29-23-20(27-21(24)16-10-6-4-7-11-16)15(2)19-18(26-23)14-25-22(28-19)17-12-8-5-9-13-17/h4-13,15,18-20,22-23H,3,14H2,1-2H3/t15-,18?,19-,20?,22?,23-/m0/s1. The van der Waals surface area contributed by atoms with E-state index in [9.17, 15) is 4.79 Å². The van der Waals surface area contributed by atoms with Crippen LogP contribution in [-0.2, 0) is 18.9 Å².